The molecule has 0 aromatic heterocycles. The van der Waals surface area contributed by atoms with Crippen molar-refractivity contribution in [3.05, 3.63) is 63.6 Å². The number of piperazine rings is 1. The number of halogens is 2. The number of nitrogens with zero attached hydrogens (tertiary/aromatic N) is 3. The number of likely N-dealkylation sites (N-methyl/N-ethyl adjacent to an activating group) is 1. The lowest BCUT2D eigenvalue weighted by Gasteiger charge is -2.34. The predicted molar refractivity (Wildman–Crippen MR) is 136 cm³/mol. The maximum atomic E-state index is 12.7. The lowest BCUT2D eigenvalue weighted by atomic mass is 10.1. The van der Waals surface area contributed by atoms with Crippen LogP contribution in [-0.4, -0.2) is 93.0 Å². The van der Waals surface area contributed by atoms with Crippen LogP contribution in [0, 0.1) is 0 Å². The molecular weight excluding hydrogens is 475 g/mol. The highest BCUT2D eigenvalue weighted by atomic mass is 35.5. The maximum Gasteiger partial charge on any atom is 0.259 e. The van der Waals surface area contributed by atoms with Crippen molar-refractivity contribution >= 4 is 35.0 Å². The van der Waals surface area contributed by atoms with Gasteiger partial charge in [0.2, 0.25) is 0 Å². The van der Waals surface area contributed by atoms with E-state index in [9.17, 15) is 9.59 Å². The lowest BCUT2D eigenvalue weighted by molar-refractivity contribution is -0.130. The van der Waals surface area contributed by atoms with E-state index in [4.69, 9.17) is 27.9 Å². The largest absolute Gasteiger partial charge is 0.483 e. The Bertz CT molecular complexity index is 961. The van der Waals surface area contributed by atoms with E-state index in [0.717, 1.165) is 50.7 Å². The Morgan fingerprint density at radius 2 is 1.56 bits per heavy atom. The van der Waals surface area contributed by atoms with Gasteiger partial charge in [-0.05, 0) is 42.3 Å². The topological polar surface area (TPSA) is 65.1 Å². The summed E-state index contributed by atoms with van der Waals surface area (Å²) in [5.41, 5.74) is 1.66. The quantitative estimate of drug-likeness (QED) is 0.536. The first-order valence-corrected chi connectivity index (χ1v) is 12.2. The van der Waals surface area contributed by atoms with Crippen molar-refractivity contribution < 1.29 is 14.3 Å². The van der Waals surface area contributed by atoms with Gasteiger partial charge in [0.15, 0.2) is 6.61 Å². The van der Waals surface area contributed by atoms with Crippen LogP contribution in [0.25, 0.3) is 0 Å². The Balaban J connectivity index is 1.40. The minimum Gasteiger partial charge on any atom is -0.483 e. The average molecular weight is 507 g/mol. The number of amides is 2. The molecule has 1 saturated heterocycles. The van der Waals surface area contributed by atoms with Crippen molar-refractivity contribution in [2.75, 3.05) is 66.5 Å². The van der Waals surface area contributed by atoms with Gasteiger partial charge in [0.05, 0.1) is 5.56 Å². The molecule has 0 saturated carbocycles. The van der Waals surface area contributed by atoms with Gasteiger partial charge in [-0.2, -0.15) is 0 Å². The highest BCUT2D eigenvalue weighted by Crippen LogP contribution is 2.23. The second-order valence-corrected chi connectivity index (χ2v) is 9.41. The number of carbonyl (C=O) groups is 2. The fraction of sp³-hybridized carbons (Fsp3) is 0.440. The van der Waals surface area contributed by atoms with Crippen LogP contribution in [-0.2, 0) is 11.2 Å². The summed E-state index contributed by atoms with van der Waals surface area (Å²) in [5.74, 6) is -0.140. The van der Waals surface area contributed by atoms with Crippen molar-refractivity contribution in [3.8, 4) is 5.75 Å². The number of carbonyl (C=O) groups excluding carboxylic acids is 2. The fourth-order valence-electron chi connectivity index (χ4n) is 3.67. The van der Waals surface area contributed by atoms with E-state index in [1.165, 1.54) is 10.5 Å². The van der Waals surface area contributed by atoms with Gasteiger partial charge in [0.1, 0.15) is 5.75 Å². The van der Waals surface area contributed by atoms with Crippen LogP contribution in [0.5, 0.6) is 5.75 Å². The molecule has 1 fully saturated rings. The molecular formula is C25H32Cl2N4O3. The molecule has 184 valence electrons. The van der Waals surface area contributed by atoms with Gasteiger partial charge in [0, 0.05) is 70.0 Å². The Morgan fingerprint density at radius 3 is 2.21 bits per heavy atom. The van der Waals surface area contributed by atoms with E-state index in [-0.39, 0.29) is 18.4 Å². The first-order chi connectivity index (χ1) is 16.3. The minimum absolute atomic E-state index is 0.157. The zero-order chi connectivity index (χ0) is 24.5. The summed E-state index contributed by atoms with van der Waals surface area (Å²) in [7, 11) is 3.30. The summed E-state index contributed by atoms with van der Waals surface area (Å²) in [6.45, 7) is 6.14. The molecule has 3 rings (SSSR count). The fourth-order valence-corrected chi connectivity index (χ4v) is 3.96. The Morgan fingerprint density at radius 1 is 0.941 bits per heavy atom. The SMILES string of the molecule is CN(C)C(=O)COc1cc(Cl)ccc1C(=O)NCCN1CCN(CCc2ccc(Cl)cc2)CC1. The summed E-state index contributed by atoms with van der Waals surface area (Å²) < 4.78 is 5.57. The Kier molecular flexibility index (Phi) is 10.0. The van der Waals surface area contributed by atoms with Gasteiger partial charge < -0.3 is 19.9 Å². The predicted octanol–water partition coefficient (Wildman–Crippen LogP) is 3.05. The highest BCUT2D eigenvalue weighted by Gasteiger charge is 2.18. The number of nitrogens with one attached hydrogen (secondary N) is 1. The molecule has 0 radical (unpaired) electrons. The van der Waals surface area contributed by atoms with Crippen molar-refractivity contribution in [2.24, 2.45) is 0 Å². The van der Waals surface area contributed by atoms with E-state index < -0.39 is 0 Å². The molecule has 0 atom stereocenters. The Labute approximate surface area is 211 Å². The van der Waals surface area contributed by atoms with Gasteiger partial charge in [-0.25, -0.2) is 0 Å². The number of ether oxygens (including phenoxy) is 1. The first-order valence-electron chi connectivity index (χ1n) is 11.4. The standard InChI is InChI=1S/C25H32Cl2N4O3/c1-29(2)24(32)18-34-23-17-21(27)7-8-22(23)25(33)28-10-12-31-15-13-30(14-16-31)11-9-19-3-5-20(26)6-4-19/h3-8,17H,9-16,18H2,1-2H3,(H,28,33). The molecule has 0 bridgehead atoms. The molecule has 1 aliphatic rings. The third-order valence-corrected chi connectivity index (χ3v) is 6.33. The minimum atomic E-state index is -0.245. The van der Waals surface area contributed by atoms with E-state index in [0.29, 0.717) is 22.9 Å². The summed E-state index contributed by atoms with van der Waals surface area (Å²) in [5, 5.41) is 4.17. The van der Waals surface area contributed by atoms with Crippen molar-refractivity contribution in [2.45, 2.75) is 6.42 Å². The van der Waals surface area contributed by atoms with Crippen LogP contribution >= 0.6 is 23.2 Å². The van der Waals surface area contributed by atoms with Gasteiger partial charge in [-0.1, -0.05) is 35.3 Å². The smallest absolute Gasteiger partial charge is 0.259 e. The first kappa shape index (κ1) is 26.3. The lowest BCUT2D eigenvalue weighted by Crippen LogP contribution is -2.48. The molecule has 2 aromatic carbocycles. The van der Waals surface area contributed by atoms with Gasteiger partial charge in [-0.15, -0.1) is 0 Å². The molecule has 0 aliphatic carbocycles. The third kappa shape index (κ3) is 8.17. The van der Waals surface area contributed by atoms with Crippen molar-refractivity contribution in [3.63, 3.8) is 0 Å². The van der Waals surface area contributed by atoms with E-state index in [1.54, 1.807) is 32.3 Å². The third-order valence-electron chi connectivity index (χ3n) is 5.85. The van der Waals surface area contributed by atoms with Crippen LogP contribution in [0.2, 0.25) is 10.0 Å². The zero-order valence-corrected chi connectivity index (χ0v) is 21.2. The average Bonchev–Trinajstić information content (AvgIpc) is 2.83. The van der Waals surface area contributed by atoms with Crippen LogP contribution in [0.1, 0.15) is 15.9 Å². The molecule has 2 amide bonds. The van der Waals surface area contributed by atoms with Gasteiger partial charge in [-0.3, -0.25) is 14.5 Å². The van der Waals surface area contributed by atoms with Gasteiger partial charge in [0.25, 0.3) is 11.8 Å². The second-order valence-electron chi connectivity index (χ2n) is 8.53. The summed E-state index contributed by atoms with van der Waals surface area (Å²) in [6, 6.07) is 12.9. The summed E-state index contributed by atoms with van der Waals surface area (Å²) in [4.78, 5) is 30.8. The van der Waals surface area contributed by atoms with Crippen molar-refractivity contribution in [1.82, 2.24) is 20.0 Å². The van der Waals surface area contributed by atoms with Crippen LogP contribution in [0.4, 0.5) is 0 Å². The zero-order valence-electron chi connectivity index (χ0n) is 19.7. The molecule has 1 heterocycles. The normalized spacial score (nSPS) is 14.6. The van der Waals surface area contributed by atoms with Crippen LogP contribution in [0.3, 0.4) is 0 Å². The molecule has 9 heteroatoms. The van der Waals surface area contributed by atoms with Crippen LogP contribution < -0.4 is 10.1 Å². The van der Waals surface area contributed by atoms with E-state index in [2.05, 4.69) is 27.2 Å². The van der Waals surface area contributed by atoms with Crippen molar-refractivity contribution in [1.29, 1.82) is 0 Å². The summed E-state index contributed by atoms with van der Waals surface area (Å²) >= 11 is 12.0. The number of benzene rings is 2. The number of rotatable bonds is 10. The molecule has 0 unspecified atom stereocenters. The van der Waals surface area contributed by atoms with Gasteiger partial charge >= 0.3 is 0 Å². The highest BCUT2D eigenvalue weighted by molar-refractivity contribution is 6.31. The molecule has 7 nitrogen and oxygen atoms in total. The molecule has 1 aliphatic heterocycles. The maximum absolute atomic E-state index is 12.7. The summed E-state index contributed by atoms with van der Waals surface area (Å²) in [6.07, 6.45) is 1.01. The molecule has 0 spiro atoms. The number of hydrogen-bond donors (Lipinski definition) is 1. The second kappa shape index (κ2) is 13.0. The molecule has 2 aromatic rings. The molecule has 1 N–H and O–H groups in total. The monoisotopic (exact) mass is 506 g/mol. The number of hydrogen-bond acceptors (Lipinski definition) is 5. The van der Waals surface area contributed by atoms with Crippen LogP contribution in [0.15, 0.2) is 42.5 Å². The Hall–Kier alpha value is -2.32. The molecule has 34 heavy (non-hydrogen) atoms. The van der Waals surface area contributed by atoms with E-state index >= 15 is 0 Å². The van der Waals surface area contributed by atoms with E-state index in [1.807, 2.05) is 12.1 Å².